The summed E-state index contributed by atoms with van der Waals surface area (Å²) in [6.07, 6.45) is -9.85. The lowest BCUT2D eigenvalue weighted by Crippen LogP contribution is -2.65. The number of benzene rings is 5. The highest BCUT2D eigenvalue weighted by atomic mass is 35.5. The van der Waals surface area contributed by atoms with Gasteiger partial charge in [0.1, 0.15) is 95.5 Å². The van der Waals surface area contributed by atoms with Gasteiger partial charge in [-0.1, -0.05) is 107 Å². The number of nitrogens with two attached hydrogens (primary N) is 1. The monoisotopic (exact) mass is 1700 g/mol. The van der Waals surface area contributed by atoms with Crippen LogP contribution in [0.4, 0.5) is 0 Å². The number of unbranched alkanes of at least 4 members (excludes halogenated alkanes) is 7. The van der Waals surface area contributed by atoms with Crippen molar-refractivity contribution in [3.63, 3.8) is 0 Å². The van der Waals surface area contributed by atoms with Gasteiger partial charge in [0.15, 0.2) is 23.9 Å². The van der Waals surface area contributed by atoms with Gasteiger partial charge in [0.05, 0.1) is 47.7 Å². The average molecular weight is 1700 g/mol. The van der Waals surface area contributed by atoms with Crippen molar-refractivity contribution in [3.8, 4) is 57.1 Å². The number of aliphatic hydroxyl groups is 6. The summed E-state index contributed by atoms with van der Waals surface area (Å²) in [5, 5.41) is 142. The number of aromatic hydroxyl groups is 3. The number of phenols is 3. The maximum absolute atomic E-state index is 16.3. The SMILES string of the molecule is CCCCCCCCCCNCCN[C@@]1(C)C[C@H](O[C@H]2[C@H](Oc3c4cc5cc3Oc3ccc(cc3Cl)[C@@H](O)[C@@H](NC(=O)[C@@H](CC(C)C)NC)C(=O)N[C@@H](CC(N)=O)C(=O)N[C@H]5C(=O)N[C@H]3C(=O)N[C@H](C(=O)N[C@H](C(=O)NCCC(=O)O)c5cc(O)cc(O)c5-c5cc3ccc5O)[C@H](O)c3ccc(c(Cl)c3)O4)O[C@H](CO)[C@@H](O)[C@@H]2O)O[C@@H](C)[C@H]1O. The normalized spacial score (nSPS) is 26.7. The van der Waals surface area contributed by atoms with Crippen molar-refractivity contribution in [1.82, 2.24) is 53.2 Å². The second kappa shape index (κ2) is 41.0. The lowest BCUT2D eigenvalue weighted by atomic mass is 9.85. The van der Waals surface area contributed by atoms with Crippen molar-refractivity contribution >= 4 is 76.4 Å². The topological polar surface area (TPSA) is 558 Å². The van der Waals surface area contributed by atoms with Gasteiger partial charge < -0.3 is 138 Å². The second-order valence-corrected chi connectivity index (χ2v) is 31.7. The third-order valence-corrected chi connectivity index (χ3v) is 22.0. The molecule has 22 N–H and O–H groups in total. The van der Waals surface area contributed by atoms with Crippen LogP contribution in [0, 0.1) is 5.92 Å². The summed E-state index contributed by atoms with van der Waals surface area (Å²) in [5.74, 6) is -16.6. The van der Waals surface area contributed by atoms with Gasteiger partial charge in [0.2, 0.25) is 59.3 Å². The highest BCUT2D eigenvalue weighted by Gasteiger charge is 2.52. The number of halogens is 2. The Morgan fingerprint density at radius 1 is 0.672 bits per heavy atom. The summed E-state index contributed by atoms with van der Waals surface area (Å²) in [4.78, 5) is 132. The molecule has 119 heavy (non-hydrogen) atoms. The molecule has 18 atom stereocenters. The standard InChI is InChI=1S/C81H105Cl2N11O25/c1-7-8-9-10-11-12-13-14-22-86-24-25-88-81(5)35-59(114-38(4)72(81)106)118-71-69(105)68(104)56(36-95)117-80(71)119-70-54-30-42-31-55(70)116-53-20-17-41(29-47(53)83)67(103)65-79(113)92-63(75(109)87-23-21-58(100)101)45-32-43(96)33-51(98)60(45)44-27-39(15-18-50(44)97)61(76(110)94-65)91-77(111)62(42)90-74(108)49(34-57(84)99)89-78(112)64(93-73(107)48(85-6)26-37(2)3)66(102)40-16-19-52(115-54)46(82)28-40/h15-20,27-33,37-38,48-49,56,59,61-69,71-72,80,85-86,88,95-98,102-106H,7-14,21-26,34-36H2,1-6H3,(H2,84,99)(H,87,109)(H,89,112)(H,90,108)(H,91,111)(H,92,113)(H,93,107)(H,94,110)(H,100,101)/t38-,48+,49-,56+,59-,61+,62+,63-,64+,65-,66+,67+,68+,69-,71+,72+,80-,81-/m0/s1. The number of carboxylic acids is 1. The van der Waals surface area contributed by atoms with E-state index in [1.807, 2.05) is 13.8 Å². The van der Waals surface area contributed by atoms with Gasteiger partial charge in [-0.15, -0.1) is 0 Å². The number of fused-ring (bicyclic) bond motifs is 15. The molecule has 5 aromatic carbocycles. The van der Waals surface area contributed by atoms with Crippen LogP contribution in [0.3, 0.4) is 0 Å². The molecule has 12 rings (SSSR count). The van der Waals surface area contributed by atoms with E-state index in [-0.39, 0.29) is 46.2 Å². The molecule has 7 aliphatic rings. The fourth-order valence-electron chi connectivity index (χ4n) is 15.0. The molecule has 2 saturated heterocycles. The van der Waals surface area contributed by atoms with Gasteiger partial charge in [-0.05, 0) is 129 Å². The number of carbonyl (C=O) groups excluding carboxylic acids is 8. The second-order valence-electron chi connectivity index (χ2n) is 30.9. The smallest absolute Gasteiger partial charge is 0.305 e. The van der Waals surface area contributed by atoms with Crippen molar-refractivity contribution < 1.29 is 123 Å². The van der Waals surface area contributed by atoms with Crippen LogP contribution in [0.25, 0.3) is 11.1 Å². The minimum atomic E-state index is -2.37. The zero-order valence-electron chi connectivity index (χ0n) is 66.3. The van der Waals surface area contributed by atoms with E-state index in [1.165, 1.54) is 51.3 Å². The number of hydrogen-bond acceptors (Lipinski definition) is 27. The molecule has 5 aromatic rings. The van der Waals surface area contributed by atoms with Crippen molar-refractivity contribution in [2.45, 2.75) is 221 Å². The number of carbonyl (C=O) groups is 9. The third kappa shape index (κ3) is 22.5. The Kier molecular flexibility index (Phi) is 31.5. The van der Waals surface area contributed by atoms with Crippen molar-refractivity contribution in [3.05, 3.63) is 117 Å². The molecule has 38 heteroatoms. The van der Waals surface area contributed by atoms with Crippen LogP contribution in [0.5, 0.6) is 46.0 Å². The van der Waals surface area contributed by atoms with E-state index in [2.05, 4.69) is 60.1 Å². The summed E-state index contributed by atoms with van der Waals surface area (Å²) in [6.45, 7) is 9.28. The van der Waals surface area contributed by atoms with E-state index in [1.54, 1.807) is 13.8 Å². The largest absolute Gasteiger partial charge is 0.508 e. The molecule has 36 nitrogen and oxygen atoms in total. The first-order valence-electron chi connectivity index (χ1n) is 39.5. The Morgan fingerprint density at radius 3 is 1.92 bits per heavy atom. The first kappa shape index (κ1) is 91.5. The first-order chi connectivity index (χ1) is 56.6. The molecule has 648 valence electrons. The molecule has 0 spiro atoms. The molecule has 11 bridgehead atoms. The molecule has 7 heterocycles. The van der Waals surface area contributed by atoms with E-state index in [0.29, 0.717) is 13.1 Å². The van der Waals surface area contributed by atoms with Gasteiger partial charge in [0, 0.05) is 48.8 Å². The number of aliphatic hydroxyl groups excluding tert-OH is 6. The van der Waals surface area contributed by atoms with Crippen molar-refractivity contribution in [2.75, 3.05) is 39.8 Å². The number of amides is 8. The van der Waals surface area contributed by atoms with Crippen LogP contribution in [-0.2, 0) is 57.4 Å². The van der Waals surface area contributed by atoms with E-state index >= 15 is 19.2 Å². The minimum absolute atomic E-state index is 0.108. The summed E-state index contributed by atoms with van der Waals surface area (Å²) in [7, 11) is 1.48. The molecule has 8 amide bonds. The number of carboxylic acid groups (broad SMARTS) is 1. The summed E-state index contributed by atoms with van der Waals surface area (Å²) in [6, 6.07) is -0.323. The Hall–Kier alpha value is -9.77. The Morgan fingerprint density at radius 2 is 1.29 bits per heavy atom. The zero-order valence-corrected chi connectivity index (χ0v) is 67.9. The quantitative estimate of drug-likeness (QED) is 0.0306. The van der Waals surface area contributed by atoms with E-state index in [0.717, 1.165) is 92.5 Å². The highest BCUT2D eigenvalue weighted by molar-refractivity contribution is 6.32. The lowest BCUT2D eigenvalue weighted by Gasteiger charge is -2.48. The number of rotatable bonds is 29. The Labute approximate surface area is 695 Å². The third-order valence-electron chi connectivity index (χ3n) is 21.4. The van der Waals surface area contributed by atoms with Gasteiger partial charge in [-0.2, -0.15) is 0 Å². The molecule has 0 unspecified atom stereocenters. The number of primary amides is 1. The van der Waals surface area contributed by atoms with E-state index in [9.17, 15) is 75.0 Å². The number of aliphatic carboxylic acids is 1. The molecule has 0 radical (unpaired) electrons. The molecule has 0 saturated carbocycles. The fraction of sp³-hybridized carbons (Fsp3) is 0.519. The van der Waals surface area contributed by atoms with Crippen LogP contribution in [0.1, 0.15) is 170 Å². The van der Waals surface area contributed by atoms with E-state index < -0.39 is 256 Å². The molecule has 0 aliphatic carbocycles. The Bertz CT molecular complexity index is 4510. The van der Waals surface area contributed by atoms with Crippen molar-refractivity contribution in [2.24, 2.45) is 11.7 Å². The van der Waals surface area contributed by atoms with Gasteiger partial charge >= 0.3 is 5.97 Å². The van der Waals surface area contributed by atoms with Crippen molar-refractivity contribution in [1.29, 1.82) is 0 Å². The molecular formula is C81H105Cl2N11O25. The van der Waals surface area contributed by atoms with Crippen LogP contribution in [0.15, 0.2) is 78.9 Å². The molecule has 0 aromatic heterocycles. The van der Waals surface area contributed by atoms with E-state index in [4.69, 9.17) is 57.4 Å². The number of ether oxygens (including phenoxy) is 6. The maximum Gasteiger partial charge on any atom is 0.305 e. The minimum Gasteiger partial charge on any atom is -0.508 e. The fourth-order valence-corrected chi connectivity index (χ4v) is 15.4. The summed E-state index contributed by atoms with van der Waals surface area (Å²) >= 11 is 14.4. The number of phenolic OH excluding ortho intramolecular Hbond substituents is 3. The lowest BCUT2D eigenvalue weighted by molar-refractivity contribution is -0.334. The van der Waals surface area contributed by atoms with Gasteiger partial charge in [-0.25, -0.2) is 0 Å². The molecule has 2 fully saturated rings. The van der Waals surface area contributed by atoms with Gasteiger partial charge in [-0.3, -0.25) is 43.2 Å². The first-order valence-corrected chi connectivity index (χ1v) is 40.3. The van der Waals surface area contributed by atoms with Crippen LogP contribution in [0.2, 0.25) is 10.0 Å². The average Bonchev–Trinajstić information content (AvgIpc) is 0.765. The highest BCUT2D eigenvalue weighted by Crippen LogP contribution is 2.50. The molecule has 7 aliphatic heterocycles. The summed E-state index contributed by atoms with van der Waals surface area (Å²) < 4.78 is 39.5. The Balaban J connectivity index is 1.16. The maximum atomic E-state index is 16.3. The summed E-state index contributed by atoms with van der Waals surface area (Å²) in [5.41, 5.74) is 1.94. The predicted octanol–water partition coefficient (Wildman–Crippen LogP) is 2.97. The van der Waals surface area contributed by atoms with Crippen LogP contribution < -0.4 is 73.1 Å². The number of hydrogen-bond donors (Lipinski definition) is 21. The van der Waals surface area contributed by atoms with Gasteiger partial charge in [0.25, 0.3) is 0 Å². The number of likely N-dealkylation sites (N-methyl/N-ethyl adjacent to an activating group) is 1. The zero-order chi connectivity index (χ0) is 86.4. The molecular weight excluding hydrogens is 1600 g/mol. The number of nitrogens with one attached hydrogen (secondary N) is 10. The van der Waals surface area contributed by atoms with Crippen LogP contribution >= 0.6 is 23.2 Å². The van der Waals surface area contributed by atoms with Crippen LogP contribution in [-0.4, -0.2) is 223 Å². The predicted molar refractivity (Wildman–Crippen MR) is 426 cm³/mol.